The second-order valence-corrected chi connectivity index (χ2v) is 17.4. The minimum Gasteiger partial charge on any atom is -0.0767 e. The van der Waals surface area contributed by atoms with Crippen molar-refractivity contribution >= 4 is 28.9 Å². The van der Waals surface area contributed by atoms with E-state index in [9.17, 15) is 0 Å². The number of hydrogen-bond donors (Lipinski definition) is 0. The molecule has 5 aliphatic carbocycles. The lowest BCUT2D eigenvalue weighted by Gasteiger charge is -2.35. The van der Waals surface area contributed by atoms with Crippen molar-refractivity contribution in [3.63, 3.8) is 0 Å². The summed E-state index contributed by atoms with van der Waals surface area (Å²) in [4.78, 5) is 0. The molecule has 0 saturated carbocycles. The first-order chi connectivity index (χ1) is 31.3. The van der Waals surface area contributed by atoms with E-state index in [1.165, 1.54) is 88.4 Å². The molecule has 5 aliphatic rings. The molecule has 7 aromatic carbocycles. The van der Waals surface area contributed by atoms with Crippen molar-refractivity contribution in [2.45, 2.75) is 5.41 Å². The summed E-state index contributed by atoms with van der Waals surface area (Å²) in [5, 5.41) is 2.63. The molecule has 7 aromatic rings. The van der Waals surface area contributed by atoms with Crippen LogP contribution in [0.25, 0.3) is 40.0 Å². The summed E-state index contributed by atoms with van der Waals surface area (Å²) in [6.45, 7) is 0. The van der Waals surface area contributed by atoms with Gasteiger partial charge in [0.2, 0.25) is 0 Å². The van der Waals surface area contributed by atoms with E-state index in [-0.39, 0.29) is 11.8 Å². The molecule has 0 aliphatic heterocycles. The second-order valence-electron chi connectivity index (χ2n) is 17.4. The Morgan fingerprint density at radius 2 is 0.857 bits per heavy atom. The van der Waals surface area contributed by atoms with E-state index in [4.69, 9.17) is 0 Å². The highest BCUT2D eigenvalue weighted by atomic mass is 14.5. The monoisotopic (exact) mass is 802 g/mol. The van der Waals surface area contributed by atoms with Crippen LogP contribution in [-0.4, -0.2) is 0 Å². The molecule has 12 rings (SSSR count). The standard InChI is InChI=1S/C63H46/c1-3-18-49(19-4-1)63(50-20-5-2-6-21-50)59-29-14-13-23-53(59)54-41-40-48(42-60(54)63)62-57-26-11-9-24-55(57)61(56-25-10-12-27-58(56)62)47-38-34-44(35-39-47)31-30-43-32-36-46(37-33-43)52-28-15-17-45-16-7-8-22-51(45)52/h1-42,45,51,55,57H. The minimum absolute atomic E-state index is 0.184. The van der Waals surface area contributed by atoms with Crippen LogP contribution in [0.2, 0.25) is 0 Å². The lowest BCUT2D eigenvalue weighted by atomic mass is 9.66. The summed E-state index contributed by atoms with van der Waals surface area (Å²) >= 11 is 0. The Morgan fingerprint density at radius 3 is 1.51 bits per heavy atom. The third kappa shape index (κ3) is 6.12. The maximum absolute atomic E-state index is 2.54. The van der Waals surface area contributed by atoms with Gasteiger partial charge in [0.15, 0.2) is 0 Å². The largest absolute Gasteiger partial charge is 0.0767 e. The predicted molar refractivity (Wildman–Crippen MR) is 264 cm³/mol. The molecule has 4 atom stereocenters. The van der Waals surface area contributed by atoms with Crippen molar-refractivity contribution in [1.29, 1.82) is 0 Å². The number of benzene rings is 7. The fourth-order valence-corrected chi connectivity index (χ4v) is 11.3. The SMILES string of the molecule is C1=CC2C=CC=C(c3ccc(C=Cc4ccc(C5=c6ccccc6=C(c6ccc7c(c6)C(c6ccccc6)(c6ccccc6)c6ccccc6-7)C6C=CC=CC56)cc4)cc3)C2C=C1. The minimum atomic E-state index is -0.447. The smallest absolute Gasteiger partial charge is 0.0713 e. The van der Waals surface area contributed by atoms with E-state index in [1.807, 2.05) is 0 Å². The van der Waals surface area contributed by atoms with Gasteiger partial charge in [0, 0.05) is 23.7 Å². The molecule has 0 fully saturated rings. The van der Waals surface area contributed by atoms with Crippen molar-refractivity contribution in [1.82, 2.24) is 0 Å². The Balaban J connectivity index is 0.941. The van der Waals surface area contributed by atoms with Crippen LogP contribution in [0.4, 0.5) is 0 Å². The average molecular weight is 803 g/mol. The molecule has 0 saturated heterocycles. The molecular weight excluding hydrogens is 757 g/mol. The highest BCUT2D eigenvalue weighted by molar-refractivity contribution is 5.89. The maximum atomic E-state index is 2.54. The number of allylic oxidation sites excluding steroid dienone is 12. The van der Waals surface area contributed by atoms with Gasteiger partial charge in [-0.25, -0.2) is 0 Å². The summed E-state index contributed by atoms with van der Waals surface area (Å²) in [5.41, 5.74) is 17.8. The van der Waals surface area contributed by atoms with Gasteiger partial charge in [0.05, 0.1) is 5.41 Å². The molecule has 0 heterocycles. The molecule has 0 amide bonds. The lowest BCUT2D eigenvalue weighted by Crippen LogP contribution is -2.40. The summed E-state index contributed by atoms with van der Waals surface area (Å²) in [7, 11) is 0. The fraction of sp³-hybridized carbons (Fsp3) is 0.0794. The molecule has 0 nitrogen and oxygen atoms in total. The van der Waals surface area contributed by atoms with Gasteiger partial charge in [-0.15, -0.1) is 0 Å². The van der Waals surface area contributed by atoms with Crippen LogP contribution >= 0.6 is 0 Å². The molecule has 4 unspecified atom stereocenters. The van der Waals surface area contributed by atoms with Crippen LogP contribution in [0, 0.1) is 23.7 Å². The Labute approximate surface area is 370 Å². The van der Waals surface area contributed by atoms with Gasteiger partial charge >= 0.3 is 0 Å². The van der Waals surface area contributed by atoms with E-state index in [0.29, 0.717) is 11.8 Å². The molecule has 0 radical (unpaired) electrons. The third-order valence-corrected chi connectivity index (χ3v) is 14.2. The topological polar surface area (TPSA) is 0 Å². The zero-order chi connectivity index (χ0) is 41.7. The van der Waals surface area contributed by atoms with Crippen LogP contribution in [0.15, 0.2) is 243 Å². The van der Waals surface area contributed by atoms with E-state index in [0.717, 1.165) is 0 Å². The van der Waals surface area contributed by atoms with Gasteiger partial charge in [-0.05, 0) is 94.4 Å². The Morgan fingerprint density at radius 1 is 0.365 bits per heavy atom. The lowest BCUT2D eigenvalue weighted by molar-refractivity contribution is 0.678. The highest BCUT2D eigenvalue weighted by Crippen LogP contribution is 2.57. The van der Waals surface area contributed by atoms with E-state index in [1.54, 1.807) is 0 Å². The molecule has 298 valence electrons. The van der Waals surface area contributed by atoms with E-state index >= 15 is 0 Å². The average Bonchev–Trinajstić information content (AvgIpc) is 3.66. The number of hydrogen-bond acceptors (Lipinski definition) is 0. The summed E-state index contributed by atoms with van der Waals surface area (Å²) < 4.78 is 0. The zero-order valence-electron chi connectivity index (χ0n) is 35.1. The maximum Gasteiger partial charge on any atom is 0.0713 e. The van der Waals surface area contributed by atoms with Gasteiger partial charge in [-0.1, -0.05) is 249 Å². The Hall–Kier alpha value is -7.54. The summed E-state index contributed by atoms with van der Waals surface area (Å²) in [6.07, 6.45) is 29.6. The summed E-state index contributed by atoms with van der Waals surface area (Å²) in [5.74, 6) is 1.23. The van der Waals surface area contributed by atoms with Gasteiger partial charge in [-0.2, -0.15) is 0 Å². The molecular formula is C63H46. The first kappa shape index (κ1) is 37.2. The second kappa shape index (κ2) is 15.4. The number of fused-ring (bicyclic) bond motifs is 6. The van der Waals surface area contributed by atoms with Gasteiger partial charge in [-0.3, -0.25) is 0 Å². The van der Waals surface area contributed by atoms with Crippen LogP contribution < -0.4 is 10.4 Å². The molecule has 63 heavy (non-hydrogen) atoms. The van der Waals surface area contributed by atoms with Crippen molar-refractivity contribution < 1.29 is 0 Å². The zero-order valence-corrected chi connectivity index (χ0v) is 35.1. The predicted octanol–water partition coefficient (Wildman–Crippen LogP) is 13.3. The molecule has 0 aromatic heterocycles. The van der Waals surface area contributed by atoms with Gasteiger partial charge < -0.3 is 0 Å². The van der Waals surface area contributed by atoms with Crippen LogP contribution in [-0.2, 0) is 5.41 Å². The van der Waals surface area contributed by atoms with Crippen LogP contribution in [0.5, 0.6) is 0 Å². The normalized spacial score (nSPS) is 20.8. The van der Waals surface area contributed by atoms with E-state index in [2.05, 4.69) is 255 Å². The Bertz CT molecular complexity index is 3210. The molecule has 0 N–H and O–H groups in total. The first-order valence-electron chi connectivity index (χ1n) is 22.4. The van der Waals surface area contributed by atoms with Gasteiger partial charge in [0.25, 0.3) is 0 Å². The van der Waals surface area contributed by atoms with Crippen LogP contribution in [0.3, 0.4) is 0 Å². The molecule has 0 bridgehead atoms. The van der Waals surface area contributed by atoms with Crippen molar-refractivity contribution in [3.8, 4) is 11.1 Å². The van der Waals surface area contributed by atoms with Crippen molar-refractivity contribution in [2.24, 2.45) is 23.7 Å². The highest BCUT2D eigenvalue weighted by Gasteiger charge is 2.46. The summed E-state index contributed by atoms with van der Waals surface area (Å²) in [6, 6.07) is 66.0. The van der Waals surface area contributed by atoms with Crippen molar-refractivity contribution in [2.75, 3.05) is 0 Å². The fourth-order valence-electron chi connectivity index (χ4n) is 11.3. The Kier molecular flexibility index (Phi) is 9.12. The van der Waals surface area contributed by atoms with Gasteiger partial charge in [0.1, 0.15) is 0 Å². The third-order valence-electron chi connectivity index (χ3n) is 14.2. The van der Waals surface area contributed by atoms with Crippen LogP contribution in [0.1, 0.15) is 50.1 Å². The quantitative estimate of drug-likeness (QED) is 0.141. The van der Waals surface area contributed by atoms with E-state index < -0.39 is 5.41 Å². The first-order valence-corrected chi connectivity index (χ1v) is 22.4. The molecule has 0 heteroatoms. The number of rotatable bonds is 7. The van der Waals surface area contributed by atoms with Crippen molar-refractivity contribution in [3.05, 3.63) is 303 Å². The molecule has 0 spiro atoms.